The average Bonchev–Trinajstić information content (AvgIpc) is 2.44. The van der Waals surface area contributed by atoms with Gasteiger partial charge in [0, 0.05) is 25.2 Å². The van der Waals surface area contributed by atoms with Crippen molar-refractivity contribution in [3.05, 3.63) is 34.9 Å². The summed E-state index contributed by atoms with van der Waals surface area (Å²) in [5.41, 5.74) is 2.91. The quantitative estimate of drug-likeness (QED) is 0.913. The number of carbonyl (C=O) groups excluding carboxylic acids is 2. The number of aryl methyl sites for hydroxylation is 2. The third kappa shape index (κ3) is 3.50. The second-order valence-corrected chi connectivity index (χ2v) is 5.01. The average molecular weight is 276 g/mol. The van der Waals surface area contributed by atoms with Crippen LogP contribution in [0, 0.1) is 13.8 Å². The number of hydrogen-bond donors (Lipinski definition) is 1. The van der Waals surface area contributed by atoms with E-state index in [-0.39, 0.29) is 12.0 Å². The molecule has 1 aromatic carbocycles. The van der Waals surface area contributed by atoms with Crippen molar-refractivity contribution in [2.45, 2.75) is 20.3 Å². The van der Waals surface area contributed by atoms with E-state index < -0.39 is 0 Å². The van der Waals surface area contributed by atoms with Crippen LogP contribution in [-0.2, 0) is 4.74 Å². The van der Waals surface area contributed by atoms with Crippen LogP contribution in [0.25, 0.3) is 0 Å². The Morgan fingerprint density at radius 1 is 1.35 bits per heavy atom. The van der Waals surface area contributed by atoms with Gasteiger partial charge < -0.3 is 15.0 Å². The lowest BCUT2D eigenvalue weighted by Gasteiger charge is -2.26. The van der Waals surface area contributed by atoms with Gasteiger partial charge in [-0.05, 0) is 43.5 Å². The van der Waals surface area contributed by atoms with Crippen LogP contribution < -0.4 is 5.32 Å². The van der Waals surface area contributed by atoms with Gasteiger partial charge in [0.15, 0.2) is 0 Å². The second-order valence-electron chi connectivity index (χ2n) is 5.01. The van der Waals surface area contributed by atoms with Crippen LogP contribution in [0.3, 0.4) is 0 Å². The van der Waals surface area contributed by atoms with E-state index in [1.54, 1.807) is 4.90 Å². The van der Waals surface area contributed by atoms with Crippen molar-refractivity contribution < 1.29 is 14.3 Å². The highest BCUT2D eigenvalue weighted by atomic mass is 16.6. The van der Waals surface area contributed by atoms with Gasteiger partial charge in [0.1, 0.15) is 0 Å². The highest BCUT2D eigenvalue weighted by Gasteiger charge is 2.19. The number of amides is 2. The highest BCUT2D eigenvalue weighted by Crippen LogP contribution is 2.09. The molecular formula is C15H20N2O3. The van der Waals surface area contributed by atoms with Crippen molar-refractivity contribution in [1.82, 2.24) is 10.2 Å². The summed E-state index contributed by atoms with van der Waals surface area (Å²) in [5, 5.41) is 2.83. The molecule has 1 saturated heterocycles. The maximum atomic E-state index is 12.0. The smallest absolute Gasteiger partial charge is 0.409 e. The molecule has 0 spiro atoms. The van der Waals surface area contributed by atoms with E-state index in [0.29, 0.717) is 31.8 Å². The molecule has 5 heteroatoms. The summed E-state index contributed by atoms with van der Waals surface area (Å²) in [6.45, 7) is 6.09. The molecule has 2 rings (SSSR count). The fraction of sp³-hybridized carbons (Fsp3) is 0.467. The summed E-state index contributed by atoms with van der Waals surface area (Å²) < 4.78 is 4.94. The van der Waals surface area contributed by atoms with E-state index in [9.17, 15) is 9.59 Å². The van der Waals surface area contributed by atoms with Crippen LogP contribution in [-0.4, -0.2) is 43.1 Å². The number of carbonyl (C=O) groups is 2. The Morgan fingerprint density at radius 2 is 2.15 bits per heavy atom. The lowest BCUT2D eigenvalue weighted by atomic mass is 10.1. The van der Waals surface area contributed by atoms with Crippen LogP contribution in [0.5, 0.6) is 0 Å². The third-order valence-electron chi connectivity index (χ3n) is 3.49. The predicted molar refractivity (Wildman–Crippen MR) is 75.8 cm³/mol. The largest absolute Gasteiger partial charge is 0.449 e. The molecule has 0 saturated carbocycles. The van der Waals surface area contributed by atoms with E-state index in [4.69, 9.17) is 4.74 Å². The molecule has 1 fully saturated rings. The zero-order valence-corrected chi connectivity index (χ0v) is 11.9. The first-order valence-electron chi connectivity index (χ1n) is 6.85. The Balaban J connectivity index is 1.82. The first-order chi connectivity index (χ1) is 9.58. The standard InChI is InChI=1S/C15H20N2O3/c1-11-4-5-13(10-12(11)2)14(18)16-6-8-17-7-3-9-20-15(17)19/h4-5,10H,3,6-9H2,1-2H3,(H,16,18). The molecule has 0 radical (unpaired) electrons. The minimum absolute atomic E-state index is 0.113. The van der Waals surface area contributed by atoms with Crippen LogP contribution in [0.4, 0.5) is 4.79 Å². The predicted octanol–water partition coefficient (Wildman–Crippen LogP) is 1.88. The van der Waals surface area contributed by atoms with Gasteiger partial charge in [0.2, 0.25) is 0 Å². The Bertz CT molecular complexity index is 514. The summed E-state index contributed by atoms with van der Waals surface area (Å²) >= 11 is 0. The number of rotatable bonds is 4. The minimum atomic E-state index is -0.295. The zero-order chi connectivity index (χ0) is 14.5. The summed E-state index contributed by atoms with van der Waals surface area (Å²) in [5.74, 6) is -0.113. The maximum absolute atomic E-state index is 12.0. The monoisotopic (exact) mass is 276 g/mol. The number of benzene rings is 1. The van der Waals surface area contributed by atoms with Crippen LogP contribution in [0.15, 0.2) is 18.2 Å². The third-order valence-corrected chi connectivity index (χ3v) is 3.49. The number of nitrogens with one attached hydrogen (secondary N) is 1. The molecule has 0 aliphatic carbocycles. The van der Waals surface area contributed by atoms with E-state index in [0.717, 1.165) is 17.5 Å². The molecule has 0 unspecified atom stereocenters. The molecule has 1 aliphatic heterocycles. The van der Waals surface area contributed by atoms with E-state index in [1.807, 2.05) is 32.0 Å². The van der Waals surface area contributed by atoms with E-state index in [1.165, 1.54) is 0 Å². The summed E-state index contributed by atoms with van der Waals surface area (Å²) in [6, 6.07) is 5.62. The number of cyclic esters (lactones) is 1. The number of nitrogens with zero attached hydrogens (tertiary/aromatic N) is 1. The topological polar surface area (TPSA) is 58.6 Å². The van der Waals surface area contributed by atoms with Crippen molar-refractivity contribution in [1.29, 1.82) is 0 Å². The van der Waals surface area contributed by atoms with Gasteiger partial charge in [-0.1, -0.05) is 6.07 Å². The lowest BCUT2D eigenvalue weighted by molar-refractivity contribution is 0.0719. The van der Waals surface area contributed by atoms with Gasteiger partial charge in [0.25, 0.3) is 5.91 Å². The summed E-state index contributed by atoms with van der Waals surface area (Å²) in [6.07, 6.45) is 0.549. The van der Waals surface area contributed by atoms with Gasteiger partial charge in [-0.25, -0.2) is 4.79 Å². The molecule has 108 valence electrons. The molecule has 0 bridgehead atoms. The number of hydrogen-bond acceptors (Lipinski definition) is 3. The van der Waals surface area contributed by atoms with Crippen molar-refractivity contribution in [3.8, 4) is 0 Å². The van der Waals surface area contributed by atoms with Crippen LogP contribution in [0.2, 0.25) is 0 Å². The highest BCUT2D eigenvalue weighted by molar-refractivity contribution is 5.94. The first kappa shape index (κ1) is 14.4. The lowest BCUT2D eigenvalue weighted by Crippen LogP contribution is -2.42. The first-order valence-corrected chi connectivity index (χ1v) is 6.85. The molecule has 0 aromatic heterocycles. The van der Waals surface area contributed by atoms with Crippen molar-refractivity contribution in [2.24, 2.45) is 0 Å². The molecule has 0 atom stereocenters. The molecule has 20 heavy (non-hydrogen) atoms. The van der Waals surface area contributed by atoms with Gasteiger partial charge in [-0.3, -0.25) is 4.79 Å². The Morgan fingerprint density at radius 3 is 2.85 bits per heavy atom. The van der Waals surface area contributed by atoms with Gasteiger partial charge in [-0.15, -0.1) is 0 Å². The normalized spacial score (nSPS) is 14.9. The van der Waals surface area contributed by atoms with Gasteiger partial charge in [-0.2, -0.15) is 0 Å². The molecule has 2 amide bonds. The second kappa shape index (κ2) is 6.41. The minimum Gasteiger partial charge on any atom is -0.449 e. The van der Waals surface area contributed by atoms with Gasteiger partial charge >= 0.3 is 6.09 Å². The molecule has 1 heterocycles. The Kier molecular flexibility index (Phi) is 4.61. The van der Waals surface area contributed by atoms with E-state index in [2.05, 4.69) is 5.32 Å². The van der Waals surface area contributed by atoms with Gasteiger partial charge in [0.05, 0.1) is 6.61 Å². The fourth-order valence-electron chi connectivity index (χ4n) is 2.09. The summed E-state index contributed by atoms with van der Waals surface area (Å²) in [4.78, 5) is 25.0. The van der Waals surface area contributed by atoms with Crippen LogP contribution >= 0.6 is 0 Å². The molecule has 1 aliphatic rings. The molecule has 1 N–H and O–H groups in total. The van der Waals surface area contributed by atoms with Crippen molar-refractivity contribution in [3.63, 3.8) is 0 Å². The Hall–Kier alpha value is -2.04. The van der Waals surface area contributed by atoms with Crippen LogP contribution in [0.1, 0.15) is 27.9 Å². The van der Waals surface area contributed by atoms with Crippen molar-refractivity contribution in [2.75, 3.05) is 26.2 Å². The fourth-order valence-corrected chi connectivity index (χ4v) is 2.09. The number of ether oxygens (including phenoxy) is 1. The summed E-state index contributed by atoms with van der Waals surface area (Å²) in [7, 11) is 0. The maximum Gasteiger partial charge on any atom is 0.409 e. The molecular weight excluding hydrogens is 256 g/mol. The molecule has 1 aromatic rings. The Labute approximate surface area is 118 Å². The molecule has 5 nitrogen and oxygen atoms in total. The SMILES string of the molecule is Cc1ccc(C(=O)NCCN2CCCOC2=O)cc1C. The van der Waals surface area contributed by atoms with E-state index >= 15 is 0 Å². The van der Waals surface area contributed by atoms with Crippen molar-refractivity contribution >= 4 is 12.0 Å². The zero-order valence-electron chi connectivity index (χ0n) is 11.9.